The quantitative estimate of drug-likeness (QED) is 0.431. The van der Waals surface area contributed by atoms with Gasteiger partial charge in [-0.15, -0.1) is 0 Å². The zero-order valence-electron chi connectivity index (χ0n) is 8.65. The topological polar surface area (TPSA) is 64.9 Å². The van der Waals surface area contributed by atoms with Crippen LogP contribution >= 0.6 is 0 Å². The molecule has 0 amide bonds. The maximum absolute atomic E-state index is 13.5. The highest BCUT2D eigenvalue weighted by Crippen LogP contribution is 2.63. The Kier molecular flexibility index (Phi) is 1.67. The van der Waals surface area contributed by atoms with Crippen molar-refractivity contribution in [2.45, 2.75) is 24.7 Å². The number of nitro benzene ring substituents is 1. The van der Waals surface area contributed by atoms with E-state index >= 15 is 0 Å². The Morgan fingerprint density at radius 1 is 1.47 bits per heavy atom. The number of nitrogens with zero attached hydrogens (tertiary/aromatic N) is 1. The molecular weight excluding hydrogens is 236 g/mol. The third-order valence-electron chi connectivity index (χ3n) is 3.11. The fourth-order valence-corrected chi connectivity index (χ4v) is 1.98. The molecule has 0 saturated carbocycles. The maximum Gasteiger partial charge on any atom is 0.430 e. The van der Waals surface area contributed by atoms with Crippen LogP contribution in [0.3, 0.4) is 0 Å². The minimum atomic E-state index is -3.42. The average molecular weight is 243 g/mol. The van der Waals surface area contributed by atoms with Crippen LogP contribution < -0.4 is 4.74 Å². The van der Waals surface area contributed by atoms with Crippen molar-refractivity contribution < 1.29 is 23.2 Å². The summed E-state index contributed by atoms with van der Waals surface area (Å²) in [4.78, 5) is 10.00. The van der Waals surface area contributed by atoms with Gasteiger partial charge in [0.1, 0.15) is 11.9 Å². The highest BCUT2D eigenvalue weighted by Gasteiger charge is 2.74. The molecule has 0 aromatic heterocycles. The number of hydrogen-bond donors (Lipinski definition) is 0. The highest BCUT2D eigenvalue weighted by molar-refractivity contribution is 5.50. The molecule has 7 heteroatoms. The molecule has 5 nitrogen and oxygen atoms in total. The fraction of sp³-hybridized carbons (Fsp3) is 0.400. The van der Waals surface area contributed by atoms with Crippen molar-refractivity contribution in [1.29, 1.82) is 0 Å². The Bertz CT molecular complexity index is 533. The van der Waals surface area contributed by atoms with Crippen LogP contribution in [0.25, 0.3) is 0 Å². The molecule has 0 aliphatic carbocycles. The first-order valence-electron chi connectivity index (χ1n) is 4.88. The van der Waals surface area contributed by atoms with Crippen molar-refractivity contribution in [3.63, 3.8) is 0 Å². The van der Waals surface area contributed by atoms with Crippen LogP contribution in [0.15, 0.2) is 18.2 Å². The standard InChI is InChI=1S/C10H7F2NO4/c1-9-8(17-9)6-4-5(13(14)15)2-3-7(6)16-10(9,11)12/h2-4,8H,1H3. The largest absolute Gasteiger partial charge is 0.430 e. The van der Waals surface area contributed by atoms with Crippen LogP contribution in [-0.2, 0) is 4.74 Å². The molecule has 0 N–H and O–H groups in total. The second-order valence-electron chi connectivity index (χ2n) is 4.20. The molecule has 2 atom stereocenters. The number of nitro groups is 1. The number of ether oxygens (including phenoxy) is 2. The number of non-ortho nitro benzene ring substituents is 1. The van der Waals surface area contributed by atoms with Gasteiger partial charge in [0.15, 0.2) is 5.60 Å². The first-order valence-corrected chi connectivity index (χ1v) is 4.88. The van der Waals surface area contributed by atoms with Crippen LogP contribution in [0.1, 0.15) is 18.6 Å². The minimum Gasteiger partial charge on any atom is -0.430 e. The fourth-order valence-electron chi connectivity index (χ4n) is 1.98. The van der Waals surface area contributed by atoms with E-state index < -0.39 is 22.7 Å². The third-order valence-corrected chi connectivity index (χ3v) is 3.11. The lowest BCUT2D eigenvalue weighted by molar-refractivity contribution is -0.385. The summed E-state index contributed by atoms with van der Waals surface area (Å²) in [5.41, 5.74) is -1.59. The minimum absolute atomic E-state index is 0.0689. The zero-order chi connectivity index (χ0) is 12.4. The Morgan fingerprint density at radius 3 is 2.82 bits per heavy atom. The van der Waals surface area contributed by atoms with Crippen molar-refractivity contribution >= 4 is 5.69 Å². The third kappa shape index (κ3) is 1.20. The smallest absolute Gasteiger partial charge is 0.430 e. The molecule has 0 spiro atoms. The van der Waals surface area contributed by atoms with E-state index in [4.69, 9.17) is 4.74 Å². The van der Waals surface area contributed by atoms with E-state index in [0.717, 1.165) is 6.07 Å². The molecule has 2 unspecified atom stereocenters. The summed E-state index contributed by atoms with van der Waals surface area (Å²) in [6.45, 7) is 1.22. The lowest BCUT2D eigenvalue weighted by Crippen LogP contribution is -2.43. The number of alkyl halides is 2. The monoisotopic (exact) mass is 243 g/mol. The van der Waals surface area contributed by atoms with Gasteiger partial charge in [0, 0.05) is 17.7 Å². The summed E-state index contributed by atoms with van der Waals surface area (Å²) >= 11 is 0. The van der Waals surface area contributed by atoms with E-state index in [-0.39, 0.29) is 11.4 Å². The molecule has 17 heavy (non-hydrogen) atoms. The number of hydrogen-bond acceptors (Lipinski definition) is 4. The lowest BCUT2D eigenvalue weighted by atomic mass is 9.96. The predicted molar refractivity (Wildman–Crippen MR) is 50.9 cm³/mol. The van der Waals surface area contributed by atoms with Crippen LogP contribution in [0.2, 0.25) is 0 Å². The Hall–Kier alpha value is -1.76. The summed E-state index contributed by atoms with van der Waals surface area (Å²) in [5.74, 6) is -0.0689. The van der Waals surface area contributed by atoms with E-state index in [1.807, 2.05) is 0 Å². The second kappa shape index (κ2) is 2.73. The molecule has 1 fully saturated rings. The summed E-state index contributed by atoms with van der Waals surface area (Å²) in [6, 6.07) is 3.50. The molecule has 3 rings (SSSR count). The molecule has 1 saturated heterocycles. The Morgan fingerprint density at radius 2 is 2.18 bits per heavy atom. The number of rotatable bonds is 1. The van der Waals surface area contributed by atoms with Gasteiger partial charge in [-0.2, -0.15) is 8.78 Å². The SMILES string of the molecule is CC12OC1c1cc([N+](=O)[O-])ccc1OC2(F)F. The molecule has 2 aliphatic rings. The molecule has 0 radical (unpaired) electrons. The van der Waals surface area contributed by atoms with Gasteiger partial charge in [0.2, 0.25) is 0 Å². The van der Waals surface area contributed by atoms with Crippen molar-refractivity contribution in [3.05, 3.63) is 33.9 Å². The summed E-state index contributed by atoms with van der Waals surface area (Å²) < 4.78 is 36.4. The number of halogens is 2. The highest BCUT2D eigenvalue weighted by atomic mass is 19.3. The molecule has 90 valence electrons. The van der Waals surface area contributed by atoms with Crippen LogP contribution in [-0.4, -0.2) is 16.6 Å². The van der Waals surface area contributed by atoms with Crippen LogP contribution in [0.4, 0.5) is 14.5 Å². The van der Waals surface area contributed by atoms with Gasteiger partial charge >= 0.3 is 6.11 Å². The van der Waals surface area contributed by atoms with Gasteiger partial charge < -0.3 is 9.47 Å². The molecular formula is C10H7F2NO4. The van der Waals surface area contributed by atoms with Crippen molar-refractivity contribution in [3.8, 4) is 5.75 Å². The first-order chi connectivity index (χ1) is 7.85. The molecule has 2 aliphatic heterocycles. The van der Waals surface area contributed by atoms with Gasteiger partial charge in [0.05, 0.1) is 4.92 Å². The van der Waals surface area contributed by atoms with E-state index in [1.165, 1.54) is 19.1 Å². The average Bonchev–Trinajstić information content (AvgIpc) is 2.92. The van der Waals surface area contributed by atoms with E-state index in [0.29, 0.717) is 5.56 Å². The normalized spacial score (nSPS) is 32.1. The zero-order valence-corrected chi connectivity index (χ0v) is 8.65. The van der Waals surface area contributed by atoms with Crippen LogP contribution in [0.5, 0.6) is 5.75 Å². The number of fused-ring (bicyclic) bond motifs is 3. The molecule has 0 bridgehead atoms. The Balaban J connectivity index is 2.10. The van der Waals surface area contributed by atoms with E-state index in [1.54, 1.807) is 0 Å². The van der Waals surface area contributed by atoms with Gasteiger partial charge in [-0.1, -0.05) is 0 Å². The number of benzene rings is 1. The molecule has 2 heterocycles. The van der Waals surface area contributed by atoms with Crippen molar-refractivity contribution in [2.75, 3.05) is 0 Å². The van der Waals surface area contributed by atoms with E-state index in [2.05, 4.69) is 4.74 Å². The van der Waals surface area contributed by atoms with Crippen molar-refractivity contribution in [1.82, 2.24) is 0 Å². The van der Waals surface area contributed by atoms with Gasteiger partial charge in [0.25, 0.3) is 5.69 Å². The van der Waals surface area contributed by atoms with E-state index in [9.17, 15) is 18.9 Å². The molecule has 1 aromatic rings. The van der Waals surface area contributed by atoms with Gasteiger partial charge in [-0.05, 0) is 13.0 Å². The summed E-state index contributed by atoms with van der Waals surface area (Å²) in [6.07, 6.45) is -4.26. The summed E-state index contributed by atoms with van der Waals surface area (Å²) in [5, 5.41) is 10.6. The Labute approximate surface area is 94.1 Å². The molecule has 1 aromatic carbocycles. The maximum atomic E-state index is 13.5. The lowest BCUT2D eigenvalue weighted by Gasteiger charge is -2.26. The predicted octanol–water partition coefficient (Wildman–Crippen LogP) is 2.41. The number of epoxide rings is 1. The first kappa shape index (κ1) is 10.4. The van der Waals surface area contributed by atoms with Crippen molar-refractivity contribution in [2.24, 2.45) is 0 Å². The van der Waals surface area contributed by atoms with Gasteiger partial charge in [-0.3, -0.25) is 10.1 Å². The summed E-state index contributed by atoms with van der Waals surface area (Å²) in [7, 11) is 0. The van der Waals surface area contributed by atoms with Crippen LogP contribution in [0, 0.1) is 10.1 Å². The second-order valence-corrected chi connectivity index (χ2v) is 4.20. The van der Waals surface area contributed by atoms with Gasteiger partial charge in [-0.25, -0.2) is 0 Å².